The molecule has 5 heteroatoms. The highest BCUT2D eigenvalue weighted by molar-refractivity contribution is 5.57. The molecule has 0 unspecified atom stereocenters. The Morgan fingerprint density at radius 3 is 2.70 bits per heavy atom. The van der Waals surface area contributed by atoms with Crippen LogP contribution in [-0.2, 0) is 0 Å². The highest BCUT2D eigenvalue weighted by Crippen LogP contribution is 2.26. The maximum atomic E-state index is 9.93. The number of rotatable bonds is 5. The van der Waals surface area contributed by atoms with Crippen LogP contribution in [0.4, 0.5) is 17.5 Å². The highest BCUT2D eigenvalue weighted by Gasteiger charge is 2.24. The summed E-state index contributed by atoms with van der Waals surface area (Å²) in [4.78, 5) is 11.1. The minimum Gasteiger partial charge on any atom is -0.393 e. The smallest absolute Gasteiger partial charge is 0.231 e. The van der Waals surface area contributed by atoms with E-state index in [9.17, 15) is 5.11 Å². The molecule has 0 saturated heterocycles. The fourth-order valence-corrected chi connectivity index (χ4v) is 3.05. The molecule has 0 bridgehead atoms. The van der Waals surface area contributed by atoms with Gasteiger partial charge in [-0.2, -0.15) is 4.98 Å². The van der Waals surface area contributed by atoms with Gasteiger partial charge in [0, 0.05) is 37.0 Å². The lowest BCUT2D eigenvalue weighted by Gasteiger charge is -2.20. The van der Waals surface area contributed by atoms with Crippen LogP contribution in [-0.4, -0.2) is 34.8 Å². The number of hydrogen-bond acceptors (Lipinski definition) is 5. The first-order valence-electron chi connectivity index (χ1n) is 8.20. The second kappa shape index (κ2) is 6.96. The zero-order valence-corrected chi connectivity index (χ0v) is 13.7. The summed E-state index contributed by atoms with van der Waals surface area (Å²) in [6.07, 6.45) is 2.92. The minimum absolute atomic E-state index is 0.183. The molecule has 1 saturated carbocycles. The van der Waals surface area contributed by atoms with Gasteiger partial charge in [-0.15, -0.1) is 0 Å². The van der Waals surface area contributed by atoms with Gasteiger partial charge >= 0.3 is 0 Å². The molecule has 0 aliphatic heterocycles. The first-order valence-corrected chi connectivity index (χ1v) is 8.20. The molecule has 5 nitrogen and oxygen atoms in total. The van der Waals surface area contributed by atoms with E-state index in [1.165, 1.54) is 0 Å². The number of aryl methyl sites for hydroxylation is 1. The van der Waals surface area contributed by atoms with Gasteiger partial charge in [0.1, 0.15) is 5.82 Å². The molecule has 0 radical (unpaired) electrons. The van der Waals surface area contributed by atoms with Gasteiger partial charge in [-0.05, 0) is 31.9 Å². The quantitative estimate of drug-likeness (QED) is 0.888. The maximum Gasteiger partial charge on any atom is 0.231 e. The summed E-state index contributed by atoms with van der Waals surface area (Å²) in [5, 5.41) is 13.3. The molecule has 1 fully saturated rings. The lowest BCUT2D eigenvalue weighted by atomic mass is 10.1. The monoisotopic (exact) mass is 312 g/mol. The van der Waals surface area contributed by atoms with Crippen LogP contribution in [0.1, 0.15) is 25.0 Å². The molecule has 1 aromatic heterocycles. The van der Waals surface area contributed by atoms with Crippen molar-refractivity contribution in [3.63, 3.8) is 0 Å². The van der Waals surface area contributed by atoms with Crippen LogP contribution in [0, 0.1) is 12.8 Å². The molecular weight excluding hydrogens is 288 g/mol. The van der Waals surface area contributed by atoms with Gasteiger partial charge in [0.25, 0.3) is 0 Å². The van der Waals surface area contributed by atoms with E-state index in [1.54, 1.807) is 0 Å². The Labute approximate surface area is 137 Å². The minimum atomic E-state index is -0.183. The fourth-order valence-electron chi connectivity index (χ4n) is 3.05. The van der Waals surface area contributed by atoms with E-state index in [-0.39, 0.29) is 6.10 Å². The van der Waals surface area contributed by atoms with E-state index in [0.717, 1.165) is 43.0 Å². The van der Waals surface area contributed by atoms with Crippen molar-refractivity contribution in [1.29, 1.82) is 0 Å². The number of para-hydroxylation sites is 1. The van der Waals surface area contributed by atoms with Crippen molar-refractivity contribution >= 4 is 17.5 Å². The number of hydrogen-bond donors (Lipinski definition) is 2. The zero-order chi connectivity index (χ0) is 16.2. The van der Waals surface area contributed by atoms with Crippen LogP contribution in [0.5, 0.6) is 0 Å². The Morgan fingerprint density at radius 2 is 2.00 bits per heavy atom. The van der Waals surface area contributed by atoms with Crippen LogP contribution >= 0.6 is 0 Å². The predicted octanol–water partition coefficient (Wildman–Crippen LogP) is 3.13. The number of anilines is 3. The van der Waals surface area contributed by atoms with Crippen molar-refractivity contribution in [2.45, 2.75) is 32.3 Å². The van der Waals surface area contributed by atoms with E-state index in [0.29, 0.717) is 11.9 Å². The maximum absolute atomic E-state index is 9.93. The molecule has 2 aromatic rings. The van der Waals surface area contributed by atoms with Crippen molar-refractivity contribution in [3.8, 4) is 0 Å². The number of aromatic nitrogens is 2. The Kier molecular flexibility index (Phi) is 4.76. The normalized spacial score (nSPS) is 20.5. The lowest BCUT2D eigenvalue weighted by molar-refractivity contribution is 0.138. The topological polar surface area (TPSA) is 61.3 Å². The summed E-state index contributed by atoms with van der Waals surface area (Å²) in [6.45, 7) is 2.73. The number of nitrogens with zero attached hydrogens (tertiary/aromatic N) is 3. The van der Waals surface area contributed by atoms with Crippen LogP contribution in [0.15, 0.2) is 36.4 Å². The van der Waals surface area contributed by atoms with E-state index in [2.05, 4.69) is 15.3 Å². The summed E-state index contributed by atoms with van der Waals surface area (Å²) in [7, 11) is 1.97. The largest absolute Gasteiger partial charge is 0.393 e. The van der Waals surface area contributed by atoms with E-state index < -0.39 is 0 Å². The summed E-state index contributed by atoms with van der Waals surface area (Å²) in [5.41, 5.74) is 1.97. The first-order chi connectivity index (χ1) is 11.1. The average molecular weight is 312 g/mol. The number of aliphatic hydroxyl groups excluding tert-OH is 1. The van der Waals surface area contributed by atoms with Crippen molar-refractivity contribution in [2.75, 3.05) is 23.8 Å². The molecule has 23 heavy (non-hydrogen) atoms. The van der Waals surface area contributed by atoms with Crippen molar-refractivity contribution < 1.29 is 5.11 Å². The van der Waals surface area contributed by atoms with Gasteiger partial charge in [0.2, 0.25) is 5.95 Å². The Hall–Kier alpha value is -2.14. The molecule has 3 rings (SSSR count). The summed E-state index contributed by atoms with van der Waals surface area (Å²) in [5.74, 6) is 1.81. The van der Waals surface area contributed by atoms with Gasteiger partial charge in [-0.3, -0.25) is 0 Å². The van der Waals surface area contributed by atoms with Crippen molar-refractivity contribution in [1.82, 2.24) is 9.97 Å². The number of nitrogens with one attached hydrogen (secondary N) is 1. The Bertz CT molecular complexity index is 647. The van der Waals surface area contributed by atoms with Gasteiger partial charge in [0.15, 0.2) is 0 Å². The van der Waals surface area contributed by atoms with E-state index in [4.69, 9.17) is 0 Å². The lowest BCUT2D eigenvalue weighted by Crippen LogP contribution is -2.23. The molecule has 1 heterocycles. The van der Waals surface area contributed by atoms with Crippen LogP contribution in [0.25, 0.3) is 0 Å². The zero-order valence-electron chi connectivity index (χ0n) is 13.7. The second-order valence-electron chi connectivity index (χ2n) is 6.23. The fraction of sp³-hybridized carbons (Fsp3) is 0.444. The van der Waals surface area contributed by atoms with Crippen molar-refractivity contribution in [3.05, 3.63) is 42.1 Å². The molecule has 1 aliphatic carbocycles. The number of aliphatic hydroxyl groups is 1. The van der Waals surface area contributed by atoms with E-state index in [1.807, 2.05) is 55.3 Å². The Morgan fingerprint density at radius 1 is 1.22 bits per heavy atom. The molecule has 122 valence electrons. The molecular formula is C18H24N4O. The summed E-state index contributed by atoms with van der Waals surface area (Å²) in [6, 6.07) is 12.0. The molecule has 2 atom stereocenters. The van der Waals surface area contributed by atoms with E-state index >= 15 is 0 Å². The third kappa shape index (κ3) is 3.79. The molecule has 0 spiro atoms. The first kappa shape index (κ1) is 15.7. The van der Waals surface area contributed by atoms with Crippen LogP contribution in [0.2, 0.25) is 0 Å². The van der Waals surface area contributed by atoms with Gasteiger partial charge in [-0.1, -0.05) is 24.6 Å². The average Bonchev–Trinajstić information content (AvgIpc) is 2.98. The molecule has 1 aromatic carbocycles. The molecule has 0 amide bonds. The predicted molar refractivity (Wildman–Crippen MR) is 93.1 cm³/mol. The van der Waals surface area contributed by atoms with Crippen LogP contribution in [0.3, 0.4) is 0 Å². The standard InChI is InChI=1S/C18H24N4O/c1-13-11-17(19-12-14-7-6-10-16(14)23)21-18(20-13)22(2)15-8-4-3-5-9-15/h3-5,8-9,11,14,16,23H,6-7,10,12H2,1-2H3,(H,19,20,21)/t14-,16-/m1/s1. The highest BCUT2D eigenvalue weighted by atomic mass is 16.3. The van der Waals surface area contributed by atoms with Gasteiger partial charge in [-0.25, -0.2) is 4.98 Å². The van der Waals surface area contributed by atoms with Crippen LogP contribution < -0.4 is 10.2 Å². The van der Waals surface area contributed by atoms with Crippen molar-refractivity contribution in [2.24, 2.45) is 5.92 Å². The number of benzene rings is 1. The summed E-state index contributed by atoms with van der Waals surface area (Å²) >= 11 is 0. The second-order valence-corrected chi connectivity index (χ2v) is 6.23. The third-order valence-corrected chi connectivity index (χ3v) is 4.45. The third-order valence-electron chi connectivity index (χ3n) is 4.45. The molecule has 2 N–H and O–H groups in total. The SMILES string of the molecule is Cc1cc(NC[C@H]2CCC[C@H]2O)nc(N(C)c2ccccc2)n1. The van der Waals surface area contributed by atoms with Gasteiger partial charge in [0.05, 0.1) is 6.10 Å². The molecule has 1 aliphatic rings. The Balaban J connectivity index is 1.73. The van der Waals surface area contributed by atoms with Gasteiger partial charge < -0.3 is 15.3 Å². The summed E-state index contributed by atoms with van der Waals surface area (Å²) < 4.78 is 0.